The second-order valence-electron chi connectivity index (χ2n) is 5.90. The van der Waals surface area contributed by atoms with Crippen LogP contribution < -0.4 is 10.9 Å². The number of rotatable bonds is 5. The number of carbonyl (C=O) groups excluding carboxylic acids is 1. The van der Waals surface area contributed by atoms with Crippen molar-refractivity contribution in [2.75, 3.05) is 0 Å². The van der Waals surface area contributed by atoms with Crippen LogP contribution in [0, 0.1) is 6.92 Å². The molecule has 0 aliphatic carbocycles. The molecule has 0 saturated carbocycles. The summed E-state index contributed by atoms with van der Waals surface area (Å²) in [5.41, 5.74) is 1.71. The lowest BCUT2D eigenvalue weighted by Crippen LogP contribution is -2.34. The molecule has 0 aliphatic rings. The number of amides is 1. The summed E-state index contributed by atoms with van der Waals surface area (Å²) in [7, 11) is 0. The zero-order valence-electron chi connectivity index (χ0n) is 13.6. The largest absolute Gasteiger partial charge is 0.348 e. The van der Waals surface area contributed by atoms with E-state index in [1.165, 1.54) is 10.1 Å². The van der Waals surface area contributed by atoms with E-state index in [-0.39, 0.29) is 28.7 Å². The number of nitrogens with one attached hydrogen (secondary N) is 2. The number of aryl methyl sites for hydroxylation is 2. The molecule has 3 rings (SSSR count). The van der Waals surface area contributed by atoms with Gasteiger partial charge < -0.3 is 10.3 Å². The highest BCUT2D eigenvalue weighted by Crippen LogP contribution is 2.07. The summed E-state index contributed by atoms with van der Waals surface area (Å²) in [6.45, 7) is 3.68. The van der Waals surface area contributed by atoms with Crippen molar-refractivity contribution in [3.05, 3.63) is 63.8 Å². The van der Waals surface area contributed by atoms with Crippen LogP contribution in [0.3, 0.4) is 0 Å². The lowest BCUT2D eigenvalue weighted by molar-refractivity contribution is 0.0935. The average Bonchev–Trinajstić information content (AvgIpc) is 2.98. The van der Waals surface area contributed by atoms with E-state index in [0.29, 0.717) is 5.69 Å². The fourth-order valence-corrected chi connectivity index (χ4v) is 2.59. The second-order valence-corrected chi connectivity index (χ2v) is 5.90. The third kappa shape index (κ3) is 3.34. The molecule has 1 amide bonds. The van der Waals surface area contributed by atoms with Gasteiger partial charge in [0.1, 0.15) is 0 Å². The topological polar surface area (TPSA) is 92.2 Å². The van der Waals surface area contributed by atoms with Crippen molar-refractivity contribution in [3.63, 3.8) is 0 Å². The maximum absolute atomic E-state index is 12.4. The number of H-pyrrole nitrogens is 1. The molecule has 1 aromatic carbocycles. The Bertz CT molecular complexity index is 914. The maximum Gasteiger partial charge on any atom is 0.276 e. The highest BCUT2D eigenvalue weighted by molar-refractivity contribution is 5.98. The smallest absolute Gasteiger partial charge is 0.276 e. The van der Waals surface area contributed by atoms with Crippen LogP contribution >= 0.6 is 0 Å². The molecule has 7 heteroatoms. The van der Waals surface area contributed by atoms with Gasteiger partial charge in [-0.3, -0.25) is 9.59 Å². The van der Waals surface area contributed by atoms with Gasteiger partial charge in [-0.25, -0.2) is 4.52 Å². The molecule has 0 saturated heterocycles. The van der Waals surface area contributed by atoms with E-state index in [2.05, 4.69) is 32.7 Å². The van der Waals surface area contributed by atoms with Crippen molar-refractivity contribution in [1.82, 2.24) is 25.1 Å². The Morgan fingerprint density at radius 3 is 2.83 bits per heavy atom. The van der Waals surface area contributed by atoms with Gasteiger partial charge in [-0.05, 0) is 32.3 Å². The highest BCUT2D eigenvalue weighted by atomic mass is 16.2. The van der Waals surface area contributed by atoms with Gasteiger partial charge in [-0.2, -0.15) is 0 Å². The van der Waals surface area contributed by atoms with Crippen molar-refractivity contribution in [3.8, 4) is 0 Å². The molecule has 1 unspecified atom stereocenters. The second kappa shape index (κ2) is 6.66. The molecule has 0 radical (unpaired) electrons. The Morgan fingerprint density at radius 2 is 2.08 bits per heavy atom. The summed E-state index contributed by atoms with van der Waals surface area (Å²) < 4.78 is 1.33. The molecule has 3 aromatic rings. The van der Waals surface area contributed by atoms with E-state index in [4.69, 9.17) is 0 Å². The zero-order chi connectivity index (χ0) is 17.1. The van der Waals surface area contributed by atoms with Crippen LogP contribution in [-0.2, 0) is 6.42 Å². The minimum absolute atomic E-state index is 0.0426. The summed E-state index contributed by atoms with van der Waals surface area (Å²) in [6, 6.07) is 10.0. The molecular formula is C17H19N5O2. The number of hydrogen-bond donors (Lipinski definition) is 2. The summed E-state index contributed by atoms with van der Waals surface area (Å²) in [6.07, 6.45) is 3.29. The molecule has 2 N–H and O–H groups in total. The predicted octanol–water partition coefficient (Wildman–Crippen LogP) is 1.48. The molecule has 7 nitrogen and oxygen atoms in total. The standard InChI is InChI=1S/C17H19N5O2/c1-11(8-9-13-6-4-3-5-7-13)18-16(23)14-15-17(24)19-12(2)10-22(15)21-20-14/h3-7,10-11H,8-9H2,1-2H3,(H,18,23)(H,19,24). The molecule has 1 atom stereocenters. The number of carbonyl (C=O) groups is 1. The third-order valence-electron chi connectivity index (χ3n) is 3.84. The van der Waals surface area contributed by atoms with Crippen molar-refractivity contribution in [2.24, 2.45) is 0 Å². The molecule has 2 aromatic heterocycles. The number of benzene rings is 1. The van der Waals surface area contributed by atoms with Gasteiger partial charge in [0.15, 0.2) is 11.2 Å². The molecule has 0 aliphatic heterocycles. The van der Waals surface area contributed by atoms with Crippen LogP contribution in [0.2, 0.25) is 0 Å². The zero-order valence-corrected chi connectivity index (χ0v) is 13.6. The molecule has 0 bridgehead atoms. The van der Waals surface area contributed by atoms with Gasteiger partial charge in [-0.1, -0.05) is 35.5 Å². The van der Waals surface area contributed by atoms with Crippen LogP contribution in [0.1, 0.15) is 35.1 Å². The quantitative estimate of drug-likeness (QED) is 0.743. The molecule has 2 heterocycles. The normalized spacial score (nSPS) is 12.2. The van der Waals surface area contributed by atoms with Crippen LogP contribution in [0.4, 0.5) is 0 Å². The van der Waals surface area contributed by atoms with Crippen LogP contribution in [-0.4, -0.2) is 31.8 Å². The SMILES string of the molecule is Cc1cn2nnc(C(=O)NC(C)CCc3ccccc3)c2c(=O)[nH]1. The first-order valence-electron chi connectivity index (χ1n) is 7.84. The van der Waals surface area contributed by atoms with Crippen LogP contribution in [0.25, 0.3) is 5.52 Å². The van der Waals surface area contributed by atoms with E-state index in [9.17, 15) is 9.59 Å². The number of aromatic amines is 1. The fourth-order valence-electron chi connectivity index (χ4n) is 2.59. The number of hydrogen-bond acceptors (Lipinski definition) is 4. The first-order valence-corrected chi connectivity index (χ1v) is 7.84. The van der Waals surface area contributed by atoms with Gasteiger partial charge in [0.2, 0.25) is 0 Å². The molecule has 24 heavy (non-hydrogen) atoms. The van der Waals surface area contributed by atoms with Gasteiger partial charge in [-0.15, -0.1) is 5.10 Å². The van der Waals surface area contributed by atoms with Gasteiger partial charge in [0, 0.05) is 11.7 Å². The predicted molar refractivity (Wildman–Crippen MR) is 90.0 cm³/mol. The molecule has 124 valence electrons. The van der Waals surface area contributed by atoms with Gasteiger partial charge >= 0.3 is 0 Å². The van der Waals surface area contributed by atoms with Crippen molar-refractivity contribution >= 4 is 11.4 Å². The Hall–Kier alpha value is -2.96. The Morgan fingerprint density at radius 1 is 1.33 bits per heavy atom. The molecule has 0 fully saturated rings. The lowest BCUT2D eigenvalue weighted by atomic mass is 10.1. The Kier molecular flexibility index (Phi) is 4.41. The summed E-state index contributed by atoms with van der Waals surface area (Å²) >= 11 is 0. The molecular weight excluding hydrogens is 306 g/mol. The third-order valence-corrected chi connectivity index (χ3v) is 3.84. The Labute approximate surface area is 138 Å². The van der Waals surface area contributed by atoms with Gasteiger partial charge in [0.05, 0.1) is 6.20 Å². The van der Waals surface area contributed by atoms with Crippen LogP contribution in [0.15, 0.2) is 41.3 Å². The average molecular weight is 325 g/mol. The maximum atomic E-state index is 12.4. The molecule has 0 spiro atoms. The summed E-state index contributed by atoms with van der Waals surface area (Å²) in [5, 5.41) is 10.6. The minimum atomic E-state index is -0.389. The van der Waals surface area contributed by atoms with Crippen molar-refractivity contribution in [2.45, 2.75) is 32.7 Å². The van der Waals surface area contributed by atoms with E-state index in [0.717, 1.165) is 12.8 Å². The van der Waals surface area contributed by atoms with Gasteiger partial charge in [0.25, 0.3) is 11.5 Å². The van der Waals surface area contributed by atoms with Crippen molar-refractivity contribution in [1.29, 1.82) is 0 Å². The monoisotopic (exact) mass is 325 g/mol. The number of nitrogens with zero attached hydrogens (tertiary/aromatic N) is 3. The summed E-state index contributed by atoms with van der Waals surface area (Å²) in [4.78, 5) is 27.1. The number of fused-ring (bicyclic) bond motifs is 1. The van der Waals surface area contributed by atoms with Crippen LogP contribution in [0.5, 0.6) is 0 Å². The van der Waals surface area contributed by atoms with Crippen molar-refractivity contribution < 1.29 is 4.79 Å². The lowest BCUT2D eigenvalue weighted by Gasteiger charge is -2.12. The van der Waals surface area contributed by atoms with E-state index in [1.807, 2.05) is 25.1 Å². The first kappa shape index (κ1) is 15.9. The van der Waals surface area contributed by atoms with E-state index in [1.54, 1.807) is 13.1 Å². The first-order chi connectivity index (χ1) is 11.5. The highest BCUT2D eigenvalue weighted by Gasteiger charge is 2.19. The fraction of sp³-hybridized carbons (Fsp3) is 0.294. The number of aromatic nitrogens is 4. The van der Waals surface area contributed by atoms with E-state index >= 15 is 0 Å². The minimum Gasteiger partial charge on any atom is -0.348 e. The summed E-state index contributed by atoms with van der Waals surface area (Å²) in [5.74, 6) is -0.389. The van der Waals surface area contributed by atoms with E-state index < -0.39 is 0 Å². The Balaban J connectivity index is 1.70.